The molecule has 1 N–H and O–H groups in total. The molecule has 11 heteroatoms. The number of hydrogen-bond donors (Lipinski definition) is 1. The average molecular weight is 458 g/mol. The smallest absolute Gasteiger partial charge is 0.342 e. The maximum Gasteiger partial charge on any atom is 0.405 e. The highest BCUT2D eigenvalue weighted by Crippen LogP contribution is 2.50. The van der Waals surface area contributed by atoms with Gasteiger partial charge in [0.2, 0.25) is 5.91 Å². The molecule has 0 aromatic carbocycles. The Bertz CT molecular complexity index is 1170. The van der Waals surface area contributed by atoms with Gasteiger partial charge in [0.05, 0.1) is 17.8 Å². The van der Waals surface area contributed by atoms with Crippen molar-refractivity contribution < 1.29 is 22.8 Å². The largest absolute Gasteiger partial charge is 0.405 e. The summed E-state index contributed by atoms with van der Waals surface area (Å²) in [7, 11) is 0. The summed E-state index contributed by atoms with van der Waals surface area (Å²) >= 11 is 0. The van der Waals surface area contributed by atoms with Gasteiger partial charge in [0.25, 0.3) is 5.91 Å². The molecule has 1 unspecified atom stereocenters. The quantitative estimate of drug-likeness (QED) is 0.755. The van der Waals surface area contributed by atoms with Crippen molar-refractivity contribution in [3.8, 4) is 0 Å². The fraction of sp³-hybridized carbons (Fsp3) is 0.364. The van der Waals surface area contributed by atoms with Crippen LogP contribution in [0.15, 0.2) is 42.6 Å². The number of allylic oxidation sites excluding steroid dienone is 4. The summed E-state index contributed by atoms with van der Waals surface area (Å²) < 4.78 is 37.4. The van der Waals surface area contributed by atoms with Crippen LogP contribution in [0, 0.1) is 18.3 Å². The number of nitrogens with one attached hydrogen (secondary N) is 1. The van der Waals surface area contributed by atoms with E-state index < -0.39 is 24.0 Å². The van der Waals surface area contributed by atoms with Gasteiger partial charge < -0.3 is 5.32 Å². The standard InChI is InChI=1S/C22H21F3N6O2/c1-12-27-7-14(8-28-12)13-4-5-15-17(6-13)31(20(33)21(15,2)3)18-10-26-9-16(30-18)19(32)29-11-22(23,24)25/h4,6-10,15H,5,11H2,1-3H3,(H,29,32). The summed E-state index contributed by atoms with van der Waals surface area (Å²) in [5, 5.41) is 1.77. The lowest BCUT2D eigenvalue weighted by Crippen LogP contribution is -2.35. The van der Waals surface area contributed by atoms with E-state index in [2.05, 4.69) is 19.9 Å². The minimum absolute atomic E-state index is 0.0721. The summed E-state index contributed by atoms with van der Waals surface area (Å²) in [5.74, 6) is -0.710. The molecule has 8 nitrogen and oxygen atoms in total. The Balaban J connectivity index is 1.69. The predicted molar refractivity (Wildman–Crippen MR) is 113 cm³/mol. The SMILES string of the molecule is Cc1ncc(C2=CCC3C(=C2)N(c2cncc(C(=O)NCC(F)(F)F)n2)C(=O)C3(C)C)cn1. The molecule has 0 bridgehead atoms. The van der Waals surface area contributed by atoms with Crippen molar-refractivity contribution in [2.24, 2.45) is 11.3 Å². The molecule has 33 heavy (non-hydrogen) atoms. The second-order valence-corrected chi connectivity index (χ2v) is 8.46. The molecular weight excluding hydrogens is 437 g/mol. The van der Waals surface area contributed by atoms with Gasteiger partial charge in [-0.2, -0.15) is 13.2 Å². The summed E-state index contributed by atoms with van der Waals surface area (Å²) in [5.41, 5.74) is 1.22. The van der Waals surface area contributed by atoms with Crippen LogP contribution in [0.3, 0.4) is 0 Å². The molecule has 0 saturated carbocycles. The van der Waals surface area contributed by atoms with Crippen LogP contribution in [0.1, 0.15) is 42.1 Å². The first-order chi connectivity index (χ1) is 15.5. The first-order valence-electron chi connectivity index (χ1n) is 10.2. The Morgan fingerprint density at radius 3 is 2.58 bits per heavy atom. The van der Waals surface area contributed by atoms with Gasteiger partial charge in [0.15, 0.2) is 5.82 Å². The van der Waals surface area contributed by atoms with Crippen molar-refractivity contribution in [2.75, 3.05) is 11.4 Å². The fourth-order valence-corrected chi connectivity index (χ4v) is 3.95. The predicted octanol–water partition coefficient (Wildman–Crippen LogP) is 3.23. The summed E-state index contributed by atoms with van der Waals surface area (Å²) in [6, 6.07) is 0. The number of carbonyl (C=O) groups excluding carboxylic acids is 2. The van der Waals surface area contributed by atoms with E-state index in [1.165, 1.54) is 11.1 Å². The summed E-state index contributed by atoms with van der Waals surface area (Å²) in [4.78, 5) is 43.4. The number of rotatable bonds is 4. The summed E-state index contributed by atoms with van der Waals surface area (Å²) in [6.07, 6.45) is 5.67. The van der Waals surface area contributed by atoms with Crippen LogP contribution in [0.5, 0.6) is 0 Å². The number of hydrogen-bond acceptors (Lipinski definition) is 6. The van der Waals surface area contributed by atoms with E-state index in [9.17, 15) is 22.8 Å². The van der Waals surface area contributed by atoms with Crippen molar-refractivity contribution in [3.05, 3.63) is 59.7 Å². The van der Waals surface area contributed by atoms with E-state index >= 15 is 0 Å². The molecule has 1 fully saturated rings. The van der Waals surface area contributed by atoms with E-state index in [-0.39, 0.29) is 23.3 Å². The van der Waals surface area contributed by atoms with Crippen LogP contribution >= 0.6 is 0 Å². The van der Waals surface area contributed by atoms with Gasteiger partial charge in [0.1, 0.15) is 18.1 Å². The van der Waals surface area contributed by atoms with E-state index in [0.717, 1.165) is 17.3 Å². The molecule has 0 radical (unpaired) electrons. The normalized spacial score (nSPS) is 19.6. The maximum atomic E-state index is 13.3. The highest BCUT2D eigenvalue weighted by atomic mass is 19.4. The van der Waals surface area contributed by atoms with E-state index in [4.69, 9.17) is 0 Å². The zero-order valence-electron chi connectivity index (χ0n) is 18.1. The lowest BCUT2D eigenvalue weighted by Gasteiger charge is -2.25. The Morgan fingerprint density at radius 1 is 1.21 bits per heavy atom. The van der Waals surface area contributed by atoms with Gasteiger partial charge in [-0.15, -0.1) is 0 Å². The molecule has 2 aromatic heterocycles. The number of anilines is 1. The molecule has 1 aliphatic carbocycles. The van der Waals surface area contributed by atoms with Gasteiger partial charge in [0, 0.05) is 29.6 Å². The lowest BCUT2D eigenvalue weighted by molar-refractivity contribution is -0.125. The van der Waals surface area contributed by atoms with Gasteiger partial charge >= 0.3 is 6.18 Å². The first kappa shape index (κ1) is 22.6. The molecule has 1 saturated heterocycles. The number of aryl methyl sites for hydroxylation is 1. The van der Waals surface area contributed by atoms with Crippen LogP contribution in [0.4, 0.5) is 19.0 Å². The average Bonchev–Trinajstić information content (AvgIpc) is 2.97. The number of halogens is 3. The van der Waals surface area contributed by atoms with Gasteiger partial charge in [-0.1, -0.05) is 19.9 Å². The van der Waals surface area contributed by atoms with Gasteiger partial charge in [-0.25, -0.2) is 15.0 Å². The third-order valence-corrected chi connectivity index (χ3v) is 5.76. The fourth-order valence-electron chi connectivity index (χ4n) is 3.95. The van der Waals surface area contributed by atoms with E-state index in [0.29, 0.717) is 17.9 Å². The van der Waals surface area contributed by atoms with Crippen LogP contribution in [-0.2, 0) is 4.79 Å². The van der Waals surface area contributed by atoms with Crippen molar-refractivity contribution in [3.63, 3.8) is 0 Å². The third-order valence-electron chi connectivity index (χ3n) is 5.76. The maximum absolute atomic E-state index is 13.3. The molecule has 172 valence electrons. The van der Waals surface area contributed by atoms with E-state index in [1.54, 1.807) is 24.6 Å². The highest BCUT2D eigenvalue weighted by Gasteiger charge is 2.52. The molecule has 2 aliphatic rings. The van der Waals surface area contributed by atoms with Gasteiger partial charge in [-0.3, -0.25) is 19.5 Å². The summed E-state index contributed by atoms with van der Waals surface area (Å²) in [6.45, 7) is 3.95. The number of alkyl halides is 3. The zero-order valence-corrected chi connectivity index (χ0v) is 18.1. The van der Waals surface area contributed by atoms with Crippen molar-refractivity contribution in [1.82, 2.24) is 25.3 Å². The van der Waals surface area contributed by atoms with E-state index in [1.807, 2.05) is 26.0 Å². The molecule has 2 amide bonds. The lowest BCUT2D eigenvalue weighted by atomic mass is 9.75. The van der Waals surface area contributed by atoms with Crippen LogP contribution in [0.2, 0.25) is 0 Å². The third kappa shape index (κ3) is 4.35. The number of carbonyl (C=O) groups is 2. The Kier molecular flexibility index (Phi) is 5.51. The number of amides is 2. The van der Waals surface area contributed by atoms with Crippen molar-refractivity contribution >= 4 is 23.2 Å². The Morgan fingerprint density at radius 2 is 1.91 bits per heavy atom. The van der Waals surface area contributed by atoms with Gasteiger partial charge in [-0.05, 0) is 25.0 Å². The van der Waals surface area contributed by atoms with Crippen LogP contribution in [-0.4, -0.2) is 44.5 Å². The Hall–Kier alpha value is -3.63. The monoisotopic (exact) mass is 458 g/mol. The first-order valence-corrected chi connectivity index (χ1v) is 10.2. The Labute approximate surface area is 187 Å². The highest BCUT2D eigenvalue weighted by molar-refractivity contribution is 6.04. The molecule has 2 aromatic rings. The second-order valence-electron chi connectivity index (χ2n) is 8.46. The van der Waals surface area contributed by atoms with Crippen molar-refractivity contribution in [1.29, 1.82) is 0 Å². The molecule has 0 spiro atoms. The molecule has 3 heterocycles. The number of nitrogens with zero attached hydrogens (tertiary/aromatic N) is 5. The topological polar surface area (TPSA) is 101 Å². The zero-order chi connectivity index (χ0) is 24.0. The molecule has 4 rings (SSSR count). The minimum atomic E-state index is -4.56. The van der Waals surface area contributed by atoms with Crippen LogP contribution < -0.4 is 10.2 Å². The number of aromatic nitrogens is 4. The minimum Gasteiger partial charge on any atom is -0.342 e. The molecule has 1 aliphatic heterocycles. The van der Waals surface area contributed by atoms with Crippen molar-refractivity contribution in [2.45, 2.75) is 33.4 Å². The molecule has 1 atom stereocenters. The second kappa shape index (κ2) is 8.05. The molecular formula is C22H21F3N6O2. The van der Waals surface area contributed by atoms with Crippen LogP contribution in [0.25, 0.3) is 5.57 Å². The number of fused-ring (bicyclic) bond motifs is 1.